The van der Waals surface area contributed by atoms with Crippen LogP contribution in [0.25, 0.3) is 0 Å². The van der Waals surface area contributed by atoms with Gasteiger partial charge in [-0.3, -0.25) is 4.79 Å². The molecule has 0 atom stereocenters. The molecule has 0 aliphatic carbocycles. The van der Waals surface area contributed by atoms with Gasteiger partial charge in [-0.05, 0) is 12.1 Å². The Morgan fingerprint density at radius 1 is 1.42 bits per heavy atom. The van der Waals surface area contributed by atoms with E-state index in [4.69, 9.17) is 0 Å². The second-order valence-corrected chi connectivity index (χ2v) is 7.06. The number of halogens is 1. The Hall–Kier alpha value is -0.920. The zero-order chi connectivity index (χ0) is 13.8. The number of carbonyl (C=O) groups is 1. The third-order valence-corrected chi connectivity index (χ3v) is 4.97. The monoisotopic (exact) mass is 357 g/mol. The molecule has 2 rings (SSSR count). The topological polar surface area (TPSA) is 46.1 Å². The van der Waals surface area contributed by atoms with E-state index in [2.05, 4.69) is 26.1 Å². The fourth-order valence-electron chi connectivity index (χ4n) is 1.31. The van der Waals surface area contributed by atoms with Crippen molar-refractivity contribution in [3.05, 3.63) is 34.3 Å². The highest BCUT2D eigenvalue weighted by Crippen LogP contribution is 2.27. The van der Waals surface area contributed by atoms with Crippen LogP contribution in [0.2, 0.25) is 0 Å². The smallest absolute Gasteiger partial charge is 0.208 e. The summed E-state index contributed by atoms with van der Waals surface area (Å²) in [7, 11) is 3.84. The quantitative estimate of drug-likeness (QED) is 0.606. The molecular weight excluding hydrogens is 346 g/mol. The van der Waals surface area contributed by atoms with Crippen LogP contribution in [0.5, 0.6) is 0 Å². The molecular formula is C12H12BrN3OS2. The minimum atomic E-state index is 0.0907. The zero-order valence-corrected chi connectivity index (χ0v) is 13.7. The second kappa shape index (κ2) is 6.49. The second-order valence-electron chi connectivity index (χ2n) is 3.97. The van der Waals surface area contributed by atoms with Gasteiger partial charge < -0.3 is 4.90 Å². The summed E-state index contributed by atoms with van der Waals surface area (Å²) >= 11 is 6.27. The highest BCUT2D eigenvalue weighted by Gasteiger charge is 2.10. The average molecular weight is 358 g/mol. The molecule has 0 spiro atoms. The summed E-state index contributed by atoms with van der Waals surface area (Å²) in [6.07, 6.45) is 0. The molecule has 0 fully saturated rings. The molecule has 0 radical (unpaired) electrons. The van der Waals surface area contributed by atoms with Crippen molar-refractivity contribution in [3.63, 3.8) is 0 Å². The third-order valence-electron chi connectivity index (χ3n) is 2.25. The molecule has 0 aliphatic heterocycles. The van der Waals surface area contributed by atoms with Crippen LogP contribution >= 0.6 is 39.0 Å². The Labute approximate surface area is 128 Å². The van der Waals surface area contributed by atoms with Crippen LogP contribution in [0.3, 0.4) is 0 Å². The molecule has 1 heterocycles. The van der Waals surface area contributed by atoms with Gasteiger partial charge in [-0.2, -0.15) is 0 Å². The van der Waals surface area contributed by atoms with Crippen molar-refractivity contribution in [2.45, 2.75) is 4.34 Å². The zero-order valence-electron chi connectivity index (χ0n) is 10.5. The highest BCUT2D eigenvalue weighted by molar-refractivity contribution is 9.10. The first-order valence-corrected chi connectivity index (χ1v) is 8.08. The van der Waals surface area contributed by atoms with E-state index in [1.807, 2.05) is 43.3 Å². The predicted molar refractivity (Wildman–Crippen MR) is 83.4 cm³/mol. The number of carbonyl (C=O) groups excluding carboxylic acids is 1. The van der Waals surface area contributed by atoms with Crippen molar-refractivity contribution in [1.82, 2.24) is 10.2 Å². The normalized spacial score (nSPS) is 10.5. The summed E-state index contributed by atoms with van der Waals surface area (Å²) in [5.74, 6) is 0.464. The van der Waals surface area contributed by atoms with Crippen molar-refractivity contribution in [2.75, 3.05) is 24.7 Å². The highest BCUT2D eigenvalue weighted by atomic mass is 79.9. The molecule has 0 N–H and O–H groups in total. The molecule has 1 aromatic carbocycles. The lowest BCUT2D eigenvalue weighted by molar-refractivity contribution is 0.102. The van der Waals surface area contributed by atoms with Crippen LogP contribution in [0.1, 0.15) is 10.4 Å². The summed E-state index contributed by atoms with van der Waals surface area (Å²) in [6.45, 7) is 0. The number of rotatable bonds is 5. The summed E-state index contributed by atoms with van der Waals surface area (Å²) in [4.78, 5) is 13.9. The van der Waals surface area contributed by atoms with Gasteiger partial charge in [0.25, 0.3) is 0 Å². The molecule has 0 aliphatic rings. The van der Waals surface area contributed by atoms with Crippen molar-refractivity contribution in [1.29, 1.82) is 0 Å². The third kappa shape index (κ3) is 4.02. The summed E-state index contributed by atoms with van der Waals surface area (Å²) in [5.41, 5.74) is 0.708. The van der Waals surface area contributed by atoms with Crippen molar-refractivity contribution < 1.29 is 4.79 Å². The fourth-order valence-corrected chi connectivity index (χ4v) is 3.37. The number of ketones is 1. The molecule has 0 saturated carbocycles. The summed E-state index contributed by atoms with van der Waals surface area (Å²) in [6, 6.07) is 7.41. The van der Waals surface area contributed by atoms with Crippen molar-refractivity contribution in [2.24, 2.45) is 0 Å². The number of thioether (sulfide) groups is 1. The number of nitrogens with zero attached hydrogens (tertiary/aromatic N) is 3. The predicted octanol–water partition coefficient (Wildman–Crippen LogP) is 3.34. The van der Waals surface area contributed by atoms with E-state index < -0.39 is 0 Å². The number of hydrogen-bond acceptors (Lipinski definition) is 6. The van der Waals surface area contributed by atoms with Crippen LogP contribution < -0.4 is 4.90 Å². The summed E-state index contributed by atoms with van der Waals surface area (Å²) < 4.78 is 1.72. The first kappa shape index (κ1) is 14.5. The number of aromatic nitrogens is 2. The molecule has 0 bridgehead atoms. The largest absolute Gasteiger partial charge is 0.353 e. The van der Waals surface area contributed by atoms with E-state index in [9.17, 15) is 4.79 Å². The summed E-state index contributed by atoms with van der Waals surface area (Å²) in [5, 5.41) is 8.93. The lowest BCUT2D eigenvalue weighted by Gasteiger charge is -2.03. The van der Waals surface area contributed by atoms with Gasteiger partial charge in [0.15, 0.2) is 10.1 Å². The maximum atomic E-state index is 12.0. The molecule has 0 unspecified atom stereocenters. The number of hydrogen-bond donors (Lipinski definition) is 0. The molecule has 19 heavy (non-hydrogen) atoms. The van der Waals surface area contributed by atoms with Gasteiger partial charge in [0.1, 0.15) is 0 Å². The number of anilines is 1. The molecule has 0 saturated heterocycles. The van der Waals surface area contributed by atoms with Gasteiger partial charge in [0.2, 0.25) is 5.13 Å². The van der Waals surface area contributed by atoms with Gasteiger partial charge in [-0.15, -0.1) is 10.2 Å². The number of Topliss-reactive ketones (excluding diaryl/α,β-unsaturated/α-hetero) is 1. The van der Waals surface area contributed by atoms with Crippen molar-refractivity contribution in [3.8, 4) is 0 Å². The van der Waals surface area contributed by atoms with Crippen molar-refractivity contribution >= 4 is 49.9 Å². The Kier molecular flexibility index (Phi) is 4.95. The minimum absolute atomic E-state index is 0.0907. The molecule has 7 heteroatoms. The molecule has 2 aromatic rings. The van der Waals surface area contributed by atoms with E-state index in [1.54, 1.807) is 0 Å². The van der Waals surface area contributed by atoms with Gasteiger partial charge in [0.05, 0.1) is 5.75 Å². The molecule has 1 aromatic heterocycles. The lowest BCUT2D eigenvalue weighted by Crippen LogP contribution is -2.07. The van der Waals surface area contributed by atoms with Crippen LogP contribution in [0, 0.1) is 0 Å². The van der Waals surface area contributed by atoms with E-state index in [1.165, 1.54) is 23.1 Å². The van der Waals surface area contributed by atoms with Crippen LogP contribution in [0.15, 0.2) is 33.1 Å². The Bertz CT molecular complexity index is 586. The maximum absolute atomic E-state index is 12.0. The first-order chi connectivity index (χ1) is 9.06. The Balaban J connectivity index is 1.96. The molecule has 100 valence electrons. The van der Waals surface area contributed by atoms with E-state index in [0.717, 1.165) is 13.9 Å². The Morgan fingerprint density at radius 2 is 2.21 bits per heavy atom. The average Bonchev–Trinajstić information content (AvgIpc) is 2.85. The van der Waals surface area contributed by atoms with Crippen LogP contribution in [0.4, 0.5) is 5.13 Å². The van der Waals surface area contributed by atoms with E-state index in [-0.39, 0.29) is 5.78 Å². The van der Waals surface area contributed by atoms with Gasteiger partial charge in [-0.25, -0.2) is 0 Å². The van der Waals surface area contributed by atoms with Crippen LogP contribution in [-0.4, -0.2) is 35.8 Å². The first-order valence-electron chi connectivity index (χ1n) is 5.48. The van der Waals surface area contributed by atoms with E-state index in [0.29, 0.717) is 11.3 Å². The van der Waals surface area contributed by atoms with Crippen LogP contribution in [-0.2, 0) is 0 Å². The SMILES string of the molecule is CN(C)c1nnc(SCC(=O)c2cccc(Br)c2)s1. The Morgan fingerprint density at radius 3 is 2.84 bits per heavy atom. The standard InChI is InChI=1S/C12H12BrN3OS2/c1-16(2)11-14-15-12(19-11)18-7-10(17)8-4-3-5-9(13)6-8/h3-6H,7H2,1-2H3. The van der Waals surface area contributed by atoms with E-state index >= 15 is 0 Å². The lowest BCUT2D eigenvalue weighted by atomic mass is 10.2. The fraction of sp³-hybridized carbons (Fsp3) is 0.250. The van der Waals surface area contributed by atoms with Gasteiger partial charge in [-0.1, -0.05) is 51.2 Å². The molecule has 4 nitrogen and oxygen atoms in total. The van der Waals surface area contributed by atoms with Gasteiger partial charge >= 0.3 is 0 Å². The number of benzene rings is 1. The van der Waals surface area contributed by atoms with Gasteiger partial charge in [0, 0.05) is 24.1 Å². The minimum Gasteiger partial charge on any atom is -0.353 e. The molecule has 0 amide bonds. The maximum Gasteiger partial charge on any atom is 0.208 e.